The zero-order chi connectivity index (χ0) is 12.7. The van der Waals surface area contributed by atoms with Crippen molar-refractivity contribution >= 4 is 0 Å². The lowest BCUT2D eigenvalue weighted by atomic mass is 9.84. The van der Waals surface area contributed by atoms with Crippen LogP contribution in [0.15, 0.2) is 0 Å². The Hall–Kier alpha value is -0.160. The standard InChI is InChI=1S/C13H27NO3/c1-2-3-4-5-6-7-11-10(9-15)13(17)12(16)8-14-11/h10-17H,2-9H2,1H3. The number of unbranched alkanes of at least 4 members (excludes halogenated alkanes) is 4. The zero-order valence-electron chi connectivity index (χ0n) is 10.8. The highest BCUT2D eigenvalue weighted by atomic mass is 16.3. The number of β-amino-alcohol motifs (C(OH)–C–C–N with tert-alkyl or cyclic N) is 1. The fraction of sp³-hybridized carbons (Fsp3) is 1.00. The van der Waals surface area contributed by atoms with Crippen LogP contribution in [0.5, 0.6) is 0 Å². The maximum absolute atomic E-state index is 9.80. The third-order valence-corrected chi connectivity index (χ3v) is 3.77. The number of hydrogen-bond acceptors (Lipinski definition) is 4. The molecule has 4 atom stereocenters. The normalized spacial score (nSPS) is 33.9. The van der Waals surface area contributed by atoms with Gasteiger partial charge in [0.25, 0.3) is 0 Å². The summed E-state index contributed by atoms with van der Waals surface area (Å²) in [5.41, 5.74) is 0. The Morgan fingerprint density at radius 2 is 1.82 bits per heavy atom. The topological polar surface area (TPSA) is 72.7 Å². The van der Waals surface area contributed by atoms with Gasteiger partial charge in [-0.25, -0.2) is 0 Å². The first-order chi connectivity index (χ1) is 8.20. The molecule has 0 amide bonds. The summed E-state index contributed by atoms with van der Waals surface area (Å²) < 4.78 is 0. The summed E-state index contributed by atoms with van der Waals surface area (Å²) in [5, 5.41) is 31.8. The van der Waals surface area contributed by atoms with Crippen LogP contribution >= 0.6 is 0 Å². The molecule has 1 aliphatic heterocycles. The summed E-state index contributed by atoms with van der Waals surface area (Å²) in [6, 6.07) is 0.139. The van der Waals surface area contributed by atoms with Gasteiger partial charge in [0.2, 0.25) is 0 Å². The molecule has 0 saturated carbocycles. The highest BCUT2D eigenvalue weighted by Gasteiger charge is 2.36. The fourth-order valence-corrected chi connectivity index (χ4v) is 2.59. The average Bonchev–Trinajstić information content (AvgIpc) is 2.33. The van der Waals surface area contributed by atoms with Crippen LogP contribution in [0.3, 0.4) is 0 Å². The van der Waals surface area contributed by atoms with Crippen LogP contribution < -0.4 is 5.32 Å². The molecule has 0 aromatic carbocycles. The monoisotopic (exact) mass is 245 g/mol. The second-order valence-electron chi connectivity index (χ2n) is 5.12. The van der Waals surface area contributed by atoms with Gasteiger partial charge in [-0.05, 0) is 6.42 Å². The van der Waals surface area contributed by atoms with Gasteiger partial charge in [0.05, 0.1) is 12.2 Å². The summed E-state index contributed by atoms with van der Waals surface area (Å²) in [6.07, 6.45) is 5.55. The second kappa shape index (κ2) is 8.03. The molecule has 4 N–H and O–H groups in total. The summed E-state index contributed by atoms with van der Waals surface area (Å²) in [7, 11) is 0. The second-order valence-corrected chi connectivity index (χ2v) is 5.12. The van der Waals surface area contributed by atoms with Crippen molar-refractivity contribution in [1.82, 2.24) is 5.32 Å². The number of rotatable bonds is 7. The minimum absolute atomic E-state index is 0.0646. The number of piperidine rings is 1. The molecule has 1 saturated heterocycles. The molecule has 4 unspecified atom stereocenters. The van der Waals surface area contributed by atoms with Crippen LogP contribution in [0.1, 0.15) is 45.4 Å². The first kappa shape index (κ1) is 14.9. The maximum atomic E-state index is 9.80. The molecular formula is C13H27NO3. The molecule has 0 aromatic heterocycles. The first-order valence-electron chi connectivity index (χ1n) is 6.91. The summed E-state index contributed by atoms with van der Waals surface area (Å²) in [4.78, 5) is 0. The van der Waals surface area contributed by atoms with Crippen molar-refractivity contribution in [1.29, 1.82) is 0 Å². The smallest absolute Gasteiger partial charge is 0.0927 e. The van der Waals surface area contributed by atoms with Crippen molar-refractivity contribution in [2.75, 3.05) is 13.2 Å². The van der Waals surface area contributed by atoms with E-state index in [1.807, 2.05) is 0 Å². The van der Waals surface area contributed by atoms with Gasteiger partial charge < -0.3 is 20.6 Å². The Kier molecular flexibility index (Phi) is 7.04. The lowest BCUT2D eigenvalue weighted by Gasteiger charge is -2.38. The van der Waals surface area contributed by atoms with Gasteiger partial charge in [-0.15, -0.1) is 0 Å². The Morgan fingerprint density at radius 1 is 1.12 bits per heavy atom. The van der Waals surface area contributed by atoms with Crippen LogP contribution in [0, 0.1) is 5.92 Å². The maximum Gasteiger partial charge on any atom is 0.0927 e. The molecule has 0 bridgehead atoms. The molecule has 4 nitrogen and oxygen atoms in total. The first-order valence-corrected chi connectivity index (χ1v) is 6.91. The number of aliphatic hydroxyl groups is 3. The van der Waals surface area contributed by atoms with Gasteiger partial charge in [-0.2, -0.15) is 0 Å². The van der Waals surface area contributed by atoms with Gasteiger partial charge >= 0.3 is 0 Å². The molecule has 1 rings (SSSR count). The van der Waals surface area contributed by atoms with Crippen LogP contribution in [0.2, 0.25) is 0 Å². The highest BCUT2D eigenvalue weighted by Crippen LogP contribution is 2.21. The molecule has 0 aromatic rings. The van der Waals surface area contributed by atoms with E-state index in [0.29, 0.717) is 6.54 Å². The molecule has 0 aliphatic carbocycles. The number of aliphatic hydroxyl groups excluding tert-OH is 3. The van der Waals surface area contributed by atoms with E-state index in [2.05, 4.69) is 12.2 Å². The molecule has 1 heterocycles. The third kappa shape index (κ3) is 4.54. The Balaban J connectivity index is 2.26. The van der Waals surface area contributed by atoms with Crippen LogP contribution in [0.25, 0.3) is 0 Å². The van der Waals surface area contributed by atoms with Gasteiger partial charge in [0.15, 0.2) is 0 Å². The molecule has 1 aliphatic rings. The van der Waals surface area contributed by atoms with Crippen molar-refractivity contribution in [3.63, 3.8) is 0 Å². The van der Waals surface area contributed by atoms with Gasteiger partial charge in [-0.1, -0.05) is 39.0 Å². The van der Waals surface area contributed by atoms with Crippen LogP contribution in [0.4, 0.5) is 0 Å². The van der Waals surface area contributed by atoms with E-state index >= 15 is 0 Å². The Labute approximate surface area is 104 Å². The fourth-order valence-electron chi connectivity index (χ4n) is 2.59. The summed E-state index contributed by atoms with van der Waals surface area (Å²) in [6.45, 7) is 2.56. The molecular weight excluding hydrogens is 218 g/mol. The van der Waals surface area contributed by atoms with Gasteiger partial charge in [-0.3, -0.25) is 0 Å². The van der Waals surface area contributed by atoms with Crippen molar-refractivity contribution in [3.05, 3.63) is 0 Å². The molecule has 0 spiro atoms. The van der Waals surface area contributed by atoms with E-state index in [1.54, 1.807) is 0 Å². The quantitative estimate of drug-likeness (QED) is 0.497. The average molecular weight is 245 g/mol. The van der Waals surface area contributed by atoms with Gasteiger partial charge in [0, 0.05) is 25.1 Å². The van der Waals surface area contributed by atoms with Crippen LogP contribution in [-0.2, 0) is 0 Å². The third-order valence-electron chi connectivity index (χ3n) is 3.77. The summed E-state index contributed by atoms with van der Waals surface area (Å²) >= 11 is 0. The zero-order valence-corrected chi connectivity index (χ0v) is 10.8. The van der Waals surface area contributed by atoms with E-state index in [9.17, 15) is 15.3 Å². The Morgan fingerprint density at radius 3 is 2.47 bits per heavy atom. The molecule has 0 radical (unpaired) electrons. The SMILES string of the molecule is CCCCCCCC1NCC(O)C(O)C1CO. The lowest BCUT2D eigenvalue weighted by Crippen LogP contribution is -2.57. The predicted octanol–water partition coefficient (Wildman–Crippen LogP) is 0.649. The van der Waals surface area contributed by atoms with Crippen molar-refractivity contribution in [2.45, 2.75) is 63.7 Å². The van der Waals surface area contributed by atoms with Crippen molar-refractivity contribution in [3.8, 4) is 0 Å². The minimum Gasteiger partial charge on any atom is -0.396 e. The predicted molar refractivity (Wildman–Crippen MR) is 67.8 cm³/mol. The largest absolute Gasteiger partial charge is 0.396 e. The van der Waals surface area contributed by atoms with E-state index in [1.165, 1.54) is 25.7 Å². The number of nitrogens with one attached hydrogen (secondary N) is 1. The lowest BCUT2D eigenvalue weighted by molar-refractivity contribution is -0.0679. The van der Waals surface area contributed by atoms with E-state index in [-0.39, 0.29) is 18.6 Å². The van der Waals surface area contributed by atoms with E-state index in [4.69, 9.17) is 0 Å². The molecule has 1 fully saturated rings. The molecule has 102 valence electrons. The van der Waals surface area contributed by atoms with E-state index < -0.39 is 12.2 Å². The van der Waals surface area contributed by atoms with Gasteiger partial charge in [0.1, 0.15) is 0 Å². The Bertz CT molecular complexity index is 201. The molecule has 4 heteroatoms. The highest BCUT2D eigenvalue weighted by molar-refractivity contribution is 4.91. The van der Waals surface area contributed by atoms with Crippen LogP contribution in [-0.4, -0.2) is 46.7 Å². The number of hydrogen-bond donors (Lipinski definition) is 4. The van der Waals surface area contributed by atoms with Crippen molar-refractivity contribution in [2.24, 2.45) is 5.92 Å². The van der Waals surface area contributed by atoms with E-state index in [0.717, 1.165) is 12.8 Å². The molecule has 17 heavy (non-hydrogen) atoms. The van der Waals surface area contributed by atoms with Crippen molar-refractivity contribution < 1.29 is 15.3 Å². The minimum atomic E-state index is -0.790. The summed E-state index contributed by atoms with van der Waals surface area (Å²) in [5.74, 6) is -0.232.